The molecule has 6 heteroatoms. The van der Waals surface area contributed by atoms with Gasteiger partial charge in [-0.25, -0.2) is 9.78 Å². The van der Waals surface area contributed by atoms with Gasteiger partial charge in [0.25, 0.3) is 0 Å². The van der Waals surface area contributed by atoms with Crippen molar-refractivity contribution in [1.82, 2.24) is 4.98 Å². The first-order chi connectivity index (χ1) is 10.1. The number of hydrogen-bond acceptors (Lipinski definition) is 3. The zero-order valence-electron chi connectivity index (χ0n) is 10.8. The van der Waals surface area contributed by atoms with Crippen LogP contribution in [0.25, 0.3) is 6.08 Å². The van der Waals surface area contributed by atoms with E-state index in [0.717, 1.165) is 10.0 Å². The molecule has 0 saturated heterocycles. The number of pyridine rings is 1. The van der Waals surface area contributed by atoms with Crippen LogP contribution in [0.5, 0.6) is 0 Å². The summed E-state index contributed by atoms with van der Waals surface area (Å²) in [7, 11) is 0. The van der Waals surface area contributed by atoms with Crippen LogP contribution in [0, 0.1) is 0 Å². The van der Waals surface area contributed by atoms with E-state index in [1.54, 1.807) is 6.08 Å². The van der Waals surface area contributed by atoms with Gasteiger partial charge < -0.3 is 10.4 Å². The van der Waals surface area contributed by atoms with Gasteiger partial charge >= 0.3 is 5.97 Å². The first-order valence-corrected chi connectivity index (χ1v) is 6.78. The number of rotatable bonds is 4. The molecule has 0 spiro atoms. The molecule has 0 radical (unpaired) electrons. The minimum atomic E-state index is -1.07. The Hall–Kier alpha value is -2.47. The van der Waals surface area contributed by atoms with Gasteiger partial charge in [-0.3, -0.25) is 4.79 Å². The number of aromatic carboxylic acids is 1. The summed E-state index contributed by atoms with van der Waals surface area (Å²) in [5.74, 6) is -1.27. The zero-order chi connectivity index (χ0) is 15.2. The van der Waals surface area contributed by atoms with Crippen molar-refractivity contribution in [2.45, 2.75) is 0 Å². The van der Waals surface area contributed by atoms with Gasteiger partial charge in [0.2, 0.25) is 5.91 Å². The van der Waals surface area contributed by atoms with Gasteiger partial charge in [0, 0.05) is 16.7 Å². The molecule has 21 heavy (non-hydrogen) atoms. The predicted octanol–water partition coefficient (Wildman–Crippen LogP) is 3.19. The summed E-state index contributed by atoms with van der Waals surface area (Å²) in [6.45, 7) is 0. The monoisotopic (exact) mass is 346 g/mol. The molecule has 1 amide bonds. The number of carboxylic acids is 1. The second-order valence-corrected chi connectivity index (χ2v) is 4.93. The van der Waals surface area contributed by atoms with Crippen LogP contribution in [0.3, 0.4) is 0 Å². The maximum Gasteiger partial charge on any atom is 0.335 e. The average Bonchev–Trinajstić information content (AvgIpc) is 2.46. The van der Waals surface area contributed by atoms with Crippen LogP contribution in [0.2, 0.25) is 0 Å². The Morgan fingerprint density at radius 2 is 2.00 bits per heavy atom. The van der Waals surface area contributed by atoms with E-state index in [2.05, 4.69) is 26.2 Å². The lowest BCUT2D eigenvalue weighted by molar-refractivity contribution is -0.111. The Labute approximate surface area is 129 Å². The molecule has 0 bridgehead atoms. The van der Waals surface area contributed by atoms with Crippen LogP contribution in [-0.4, -0.2) is 22.0 Å². The van der Waals surface area contributed by atoms with E-state index in [-0.39, 0.29) is 17.3 Å². The Kier molecular flexibility index (Phi) is 4.84. The van der Waals surface area contributed by atoms with Crippen LogP contribution in [0.1, 0.15) is 15.9 Å². The number of halogens is 1. The fourth-order valence-corrected chi connectivity index (χ4v) is 1.99. The van der Waals surface area contributed by atoms with Gasteiger partial charge in [-0.1, -0.05) is 34.1 Å². The first-order valence-electron chi connectivity index (χ1n) is 5.99. The second-order valence-electron chi connectivity index (χ2n) is 4.08. The summed E-state index contributed by atoms with van der Waals surface area (Å²) in [6, 6.07) is 10.1. The van der Waals surface area contributed by atoms with Crippen molar-refractivity contribution in [2.75, 3.05) is 5.32 Å². The molecule has 1 aromatic carbocycles. The van der Waals surface area contributed by atoms with E-state index < -0.39 is 5.97 Å². The summed E-state index contributed by atoms with van der Waals surface area (Å²) in [5.41, 5.74) is 0.926. The highest BCUT2D eigenvalue weighted by atomic mass is 79.9. The Morgan fingerprint density at radius 3 is 2.71 bits per heavy atom. The molecule has 2 rings (SSSR count). The van der Waals surface area contributed by atoms with Crippen molar-refractivity contribution in [3.05, 3.63) is 64.3 Å². The van der Waals surface area contributed by atoms with E-state index in [1.165, 1.54) is 24.4 Å². The number of nitrogens with one attached hydrogen (secondary N) is 1. The van der Waals surface area contributed by atoms with Crippen molar-refractivity contribution >= 4 is 39.7 Å². The third-order valence-electron chi connectivity index (χ3n) is 2.58. The molecule has 106 valence electrons. The minimum absolute atomic E-state index is 0.0649. The predicted molar refractivity (Wildman–Crippen MR) is 83.0 cm³/mol. The van der Waals surface area contributed by atoms with Crippen molar-refractivity contribution in [1.29, 1.82) is 0 Å². The van der Waals surface area contributed by atoms with Crippen LogP contribution in [0.15, 0.2) is 53.1 Å². The Morgan fingerprint density at radius 1 is 1.24 bits per heavy atom. The summed E-state index contributed by atoms with van der Waals surface area (Å²) in [5, 5.41) is 11.4. The van der Waals surface area contributed by atoms with E-state index >= 15 is 0 Å². The topological polar surface area (TPSA) is 79.3 Å². The quantitative estimate of drug-likeness (QED) is 0.833. The second kappa shape index (κ2) is 6.81. The summed E-state index contributed by atoms with van der Waals surface area (Å²) >= 11 is 3.38. The number of carbonyl (C=O) groups excluding carboxylic acids is 1. The van der Waals surface area contributed by atoms with Crippen LogP contribution >= 0.6 is 15.9 Å². The van der Waals surface area contributed by atoms with Crippen LogP contribution in [0.4, 0.5) is 5.82 Å². The van der Waals surface area contributed by atoms with E-state index in [9.17, 15) is 9.59 Å². The van der Waals surface area contributed by atoms with Gasteiger partial charge in [-0.15, -0.1) is 0 Å². The smallest absolute Gasteiger partial charge is 0.335 e. The molecule has 2 aromatic rings. The average molecular weight is 347 g/mol. The number of hydrogen-bond donors (Lipinski definition) is 2. The summed E-state index contributed by atoms with van der Waals surface area (Å²) in [4.78, 5) is 26.5. The lowest BCUT2D eigenvalue weighted by Crippen LogP contribution is -2.10. The number of amides is 1. The molecule has 0 aliphatic carbocycles. The summed E-state index contributed by atoms with van der Waals surface area (Å²) < 4.78 is 0.875. The van der Waals surface area contributed by atoms with Crippen LogP contribution in [-0.2, 0) is 4.79 Å². The molecular formula is C15H11BrN2O3. The fourth-order valence-electron chi connectivity index (χ4n) is 1.58. The maximum absolute atomic E-state index is 11.8. The Bertz CT molecular complexity index is 714. The molecule has 0 atom stereocenters. The molecule has 2 N–H and O–H groups in total. The van der Waals surface area contributed by atoms with Crippen molar-refractivity contribution in [3.63, 3.8) is 0 Å². The molecule has 5 nitrogen and oxygen atoms in total. The SMILES string of the molecule is O=C(C=Cc1ccccc1Br)Nc1cc(C(=O)O)ccn1. The number of aromatic nitrogens is 1. The highest BCUT2D eigenvalue weighted by Crippen LogP contribution is 2.17. The highest BCUT2D eigenvalue weighted by Gasteiger charge is 2.05. The number of carbonyl (C=O) groups is 2. The maximum atomic E-state index is 11.8. The molecule has 0 saturated carbocycles. The molecule has 0 fully saturated rings. The zero-order valence-corrected chi connectivity index (χ0v) is 12.4. The van der Waals surface area contributed by atoms with Crippen molar-refractivity contribution < 1.29 is 14.7 Å². The highest BCUT2D eigenvalue weighted by molar-refractivity contribution is 9.10. The fraction of sp³-hybridized carbons (Fsp3) is 0. The number of carboxylic acid groups (broad SMARTS) is 1. The molecular weight excluding hydrogens is 336 g/mol. The molecule has 1 aromatic heterocycles. The van der Waals surface area contributed by atoms with E-state index in [1.807, 2.05) is 24.3 Å². The van der Waals surface area contributed by atoms with Crippen molar-refractivity contribution in [2.24, 2.45) is 0 Å². The van der Waals surface area contributed by atoms with Gasteiger partial charge in [-0.05, 0) is 29.8 Å². The molecule has 0 aliphatic heterocycles. The number of anilines is 1. The lowest BCUT2D eigenvalue weighted by Gasteiger charge is -2.02. The first kappa shape index (κ1) is 14.9. The third kappa shape index (κ3) is 4.25. The standard InChI is InChI=1S/C15H11BrN2O3/c16-12-4-2-1-3-10(12)5-6-14(19)18-13-9-11(15(20)21)7-8-17-13/h1-9H,(H,20,21)(H,17,18,19). The van der Waals surface area contributed by atoms with Gasteiger partial charge in [0.05, 0.1) is 5.56 Å². The van der Waals surface area contributed by atoms with Gasteiger partial charge in [0.1, 0.15) is 5.82 Å². The molecule has 1 heterocycles. The largest absolute Gasteiger partial charge is 0.478 e. The minimum Gasteiger partial charge on any atom is -0.478 e. The van der Waals surface area contributed by atoms with Gasteiger partial charge in [0.15, 0.2) is 0 Å². The summed E-state index contributed by atoms with van der Waals surface area (Å²) in [6.07, 6.45) is 4.34. The molecule has 0 unspecified atom stereocenters. The number of nitrogens with zero attached hydrogens (tertiary/aromatic N) is 1. The number of benzene rings is 1. The van der Waals surface area contributed by atoms with E-state index in [4.69, 9.17) is 5.11 Å². The Balaban J connectivity index is 2.07. The lowest BCUT2D eigenvalue weighted by atomic mass is 10.2. The van der Waals surface area contributed by atoms with Crippen LogP contribution < -0.4 is 5.32 Å². The van der Waals surface area contributed by atoms with E-state index in [0.29, 0.717) is 0 Å². The van der Waals surface area contributed by atoms with Gasteiger partial charge in [-0.2, -0.15) is 0 Å². The normalized spacial score (nSPS) is 10.5. The third-order valence-corrected chi connectivity index (χ3v) is 3.30. The van der Waals surface area contributed by atoms with Crippen molar-refractivity contribution in [3.8, 4) is 0 Å². The molecule has 0 aliphatic rings.